The summed E-state index contributed by atoms with van der Waals surface area (Å²) in [5.41, 5.74) is 4.58. The predicted molar refractivity (Wildman–Crippen MR) is 82.3 cm³/mol. The van der Waals surface area contributed by atoms with Crippen molar-refractivity contribution < 1.29 is 0 Å². The average Bonchev–Trinajstić information content (AvgIpc) is 3.00. The highest BCUT2D eigenvalue weighted by Crippen LogP contribution is 2.32. The van der Waals surface area contributed by atoms with Crippen LogP contribution in [0.4, 0.5) is 0 Å². The van der Waals surface area contributed by atoms with Crippen LogP contribution in [0.3, 0.4) is 0 Å². The van der Waals surface area contributed by atoms with Gasteiger partial charge in [-0.1, -0.05) is 11.3 Å². The van der Waals surface area contributed by atoms with Crippen molar-refractivity contribution in [3.8, 4) is 10.4 Å². The molecule has 4 rings (SSSR count). The fourth-order valence-electron chi connectivity index (χ4n) is 2.62. The summed E-state index contributed by atoms with van der Waals surface area (Å²) in [4.78, 5) is 6.79. The number of rotatable bonds is 1. The van der Waals surface area contributed by atoms with Crippen molar-refractivity contribution in [2.24, 2.45) is 7.05 Å². The number of aryl methyl sites for hydroxylation is 3. The minimum absolute atomic E-state index is 1.04. The summed E-state index contributed by atoms with van der Waals surface area (Å²) in [7, 11) is 1.96. The molecule has 20 heavy (non-hydrogen) atoms. The van der Waals surface area contributed by atoms with Crippen molar-refractivity contribution in [1.29, 1.82) is 0 Å². The minimum atomic E-state index is 1.04. The van der Waals surface area contributed by atoms with Gasteiger partial charge < -0.3 is 0 Å². The van der Waals surface area contributed by atoms with Crippen LogP contribution in [0.25, 0.3) is 26.3 Å². The maximum atomic E-state index is 4.51. The van der Waals surface area contributed by atoms with Crippen molar-refractivity contribution >= 4 is 27.2 Å². The second kappa shape index (κ2) is 3.93. The molecule has 0 aliphatic rings. The maximum Gasteiger partial charge on any atom is 0.194 e. The van der Waals surface area contributed by atoms with Gasteiger partial charge in [0.2, 0.25) is 0 Å². The Labute approximate surface area is 120 Å². The summed E-state index contributed by atoms with van der Waals surface area (Å²) in [5, 5.41) is 5.68. The van der Waals surface area contributed by atoms with Gasteiger partial charge in [0.1, 0.15) is 0 Å². The SMILES string of the molecule is Cc1cn2cc(-c3cc(C)c4nn(C)cc4c3)sc2n1. The average molecular weight is 282 g/mol. The van der Waals surface area contributed by atoms with Gasteiger partial charge in [-0.25, -0.2) is 4.98 Å². The summed E-state index contributed by atoms with van der Waals surface area (Å²) in [6, 6.07) is 4.40. The number of aromatic nitrogens is 4. The van der Waals surface area contributed by atoms with Crippen LogP contribution in [0, 0.1) is 13.8 Å². The van der Waals surface area contributed by atoms with Crippen LogP contribution in [0.2, 0.25) is 0 Å². The van der Waals surface area contributed by atoms with Crippen LogP contribution in [-0.2, 0) is 7.05 Å². The number of hydrogen-bond donors (Lipinski definition) is 0. The van der Waals surface area contributed by atoms with Crippen molar-refractivity contribution in [3.63, 3.8) is 0 Å². The summed E-state index contributed by atoms with van der Waals surface area (Å²) in [6.45, 7) is 4.13. The van der Waals surface area contributed by atoms with Crippen molar-refractivity contribution in [2.75, 3.05) is 0 Å². The third kappa shape index (κ3) is 1.67. The molecular formula is C15H14N4S. The first-order chi connectivity index (χ1) is 9.60. The molecule has 0 fully saturated rings. The molecule has 0 spiro atoms. The van der Waals surface area contributed by atoms with Gasteiger partial charge in [0.05, 0.1) is 16.1 Å². The summed E-state index contributed by atoms with van der Waals surface area (Å²) >= 11 is 1.72. The molecule has 0 aliphatic carbocycles. The zero-order valence-corrected chi connectivity index (χ0v) is 12.4. The van der Waals surface area contributed by atoms with Gasteiger partial charge in [-0.3, -0.25) is 9.08 Å². The van der Waals surface area contributed by atoms with Gasteiger partial charge in [-0.2, -0.15) is 5.10 Å². The molecule has 0 bridgehead atoms. The molecule has 0 aliphatic heterocycles. The lowest BCUT2D eigenvalue weighted by Crippen LogP contribution is -1.86. The van der Waals surface area contributed by atoms with Crippen molar-refractivity contribution in [3.05, 3.63) is 42.0 Å². The van der Waals surface area contributed by atoms with Gasteiger partial charge in [-0.05, 0) is 37.1 Å². The molecule has 0 unspecified atom stereocenters. The van der Waals surface area contributed by atoms with E-state index >= 15 is 0 Å². The Bertz CT molecular complexity index is 910. The largest absolute Gasteiger partial charge is 0.297 e. The number of imidazole rings is 1. The molecule has 0 N–H and O–H groups in total. The van der Waals surface area contributed by atoms with E-state index in [9.17, 15) is 0 Å². The highest BCUT2D eigenvalue weighted by atomic mass is 32.1. The van der Waals surface area contributed by atoms with Gasteiger partial charge in [0, 0.05) is 31.0 Å². The van der Waals surface area contributed by atoms with Gasteiger partial charge >= 0.3 is 0 Å². The molecule has 4 nitrogen and oxygen atoms in total. The number of nitrogens with zero attached hydrogens (tertiary/aromatic N) is 4. The number of fused-ring (bicyclic) bond motifs is 2. The molecule has 0 atom stereocenters. The molecule has 0 amide bonds. The molecule has 0 radical (unpaired) electrons. The van der Waals surface area contributed by atoms with E-state index in [1.54, 1.807) is 11.3 Å². The Morgan fingerprint density at radius 1 is 1.10 bits per heavy atom. The van der Waals surface area contributed by atoms with E-state index in [1.807, 2.05) is 18.7 Å². The zero-order chi connectivity index (χ0) is 13.9. The van der Waals surface area contributed by atoms with Crippen LogP contribution < -0.4 is 0 Å². The van der Waals surface area contributed by atoms with Crippen LogP contribution in [-0.4, -0.2) is 19.2 Å². The Hall–Kier alpha value is -2.14. The highest BCUT2D eigenvalue weighted by Gasteiger charge is 2.10. The zero-order valence-electron chi connectivity index (χ0n) is 11.6. The Morgan fingerprint density at radius 3 is 2.75 bits per heavy atom. The first kappa shape index (κ1) is 11.7. The quantitative estimate of drug-likeness (QED) is 0.535. The molecule has 0 saturated carbocycles. The van der Waals surface area contributed by atoms with E-state index < -0.39 is 0 Å². The number of thiazole rings is 1. The van der Waals surface area contributed by atoms with E-state index in [2.05, 4.69) is 52.1 Å². The lowest BCUT2D eigenvalue weighted by molar-refractivity contribution is 0.779. The second-order valence-electron chi connectivity index (χ2n) is 5.20. The van der Waals surface area contributed by atoms with Crippen LogP contribution in [0.5, 0.6) is 0 Å². The molecule has 5 heteroatoms. The van der Waals surface area contributed by atoms with Crippen molar-refractivity contribution in [1.82, 2.24) is 19.2 Å². The molecule has 3 heterocycles. The van der Waals surface area contributed by atoms with Crippen LogP contribution in [0.15, 0.2) is 30.7 Å². The van der Waals surface area contributed by atoms with Gasteiger partial charge in [0.15, 0.2) is 4.96 Å². The molecule has 3 aromatic heterocycles. The third-order valence-corrected chi connectivity index (χ3v) is 4.52. The number of hydrogen-bond acceptors (Lipinski definition) is 3. The fourth-order valence-corrected chi connectivity index (χ4v) is 3.62. The Morgan fingerprint density at radius 2 is 1.95 bits per heavy atom. The molecule has 100 valence electrons. The minimum Gasteiger partial charge on any atom is -0.297 e. The monoisotopic (exact) mass is 282 g/mol. The molecule has 0 saturated heterocycles. The molecule has 1 aromatic carbocycles. The lowest BCUT2D eigenvalue weighted by Gasteiger charge is -2.00. The topological polar surface area (TPSA) is 35.1 Å². The van der Waals surface area contributed by atoms with Crippen LogP contribution >= 0.6 is 11.3 Å². The molecule has 4 aromatic rings. The van der Waals surface area contributed by atoms with E-state index in [0.717, 1.165) is 16.2 Å². The highest BCUT2D eigenvalue weighted by molar-refractivity contribution is 7.20. The third-order valence-electron chi connectivity index (χ3n) is 3.47. The molecular weight excluding hydrogens is 268 g/mol. The standard InChI is InChI=1S/C15H14N4S/c1-9-4-11(5-12-7-18(3)17-14(9)12)13-8-19-6-10(2)16-15(19)20-13/h4-8H,1-3H3. The lowest BCUT2D eigenvalue weighted by atomic mass is 10.1. The fraction of sp³-hybridized carbons (Fsp3) is 0.200. The second-order valence-corrected chi connectivity index (χ2v) is 6.21. The maximum absolute atomic E-state index is 4.51. The summed E-state index contributed by atoms with van der Waals surface area (Å²) < 4.78 is 3.96. The van der Waals surface area contributed by atoms with Gasteiger partial charge in [0.25, 0.3) is 0 Å². The predicted octanol–water partition coefficient (Wildman–Crippen LogP) is 3.57. The van der Waals surface area contributed by atoms with E-state index in [0.29, 0.717) is 0 Å². The Balaban J connectivity index is 1.93. The first-order valence-corrected chi connectivity index (χ1v) is 7.31. The Kier molecular flexibility index (Phi) is 2.29. The van der Waals surface area contributed by atoms with Crippen LogP contribution in [0.1, 0.15) is 11.3 Å². The smallest absolute Gasteiger partial charge is 0.194 e. The number of benzene rings is 1. The van der Waals surface area contributed by atoms with Gasteiger partial charge in [-0.15, -0.1) is 0 Å². The first-order valence-electron chi connectivity index (χ1n) is 6.50. The summed E-state index contributed by atoms with van der Waals surface area (Å²) in [6.07, 6.45) is 6.27. The normalized spacial score (nSPS) is 11.8. The van der Waals surface area contributed by atoms with E-state index in [1.165, 1.54) is 21.4 Å². The van der Waals surface area contributed by atoms with E-state index in [-0.39, 0.29) is 0 Å². The van der Waals surface area contributed by atoms with E-state index in [4.69, 9.17) is 0 Å². The van der Waals surface area contributed by atoms with Crippen molar-refractivity contribution in [2.45, 2.75) is 13.8 Å². The summed E-state index contributed by atoms with van der Waals surface area (Å²) in [5.74, 6) is 0.